The van der Waals surface area contributed by atoms with Crippen molar-refractivity contribution in [2.45, 2.75) is 19.0 Å². The number of hydrazone groups is 1. The summed E-state index contributed by atoms with van der Waals surface area (Å²) in [5.41, 5.74) is 3.75. The lowest BCUT2D eigenvalue weighted by Crippen LogP contribution is -2.36. The standard InChI is InChI=1S/C26H26ClN3O2/c1-29(17-19-10-4-3-5-11-19)18-26(31)30-24(20-12-6-8-14-22(20)27)16-23(28-30)21-13-7-9-15-25(21)32-2/h3-15,24H,16-18H2,1-2H3. The fraction of sp³-hybridized carbons (Fsp3) is 0.231. The number of hydrogen-bond acceptors (Lipinski definition) is 4. The zero-order chi connectivity index (χ0) is 22.5. The number of carbonyl (C=O) groups is 1. The predicted octanol–water partition coefficient (Wildman–Crippen LogP) is 5.16. The lowest BCUT2D eigenvalue weighted by molar-refractivity contribution is -0.134. The third-order valence-corrected chi connectivity index (χ3v) is 5.89. The summed E-state index contributed by atoms with van der Waals surface area (Å²) >= 11 is 6.52. The summed E-state index contributed by atoms with van der Waals surface area (Å²) in [6.45, 7) is 0.929. The monoisotopic (exact) mass is 447 g/mol. The van der Waals surface area contributed by atoms with E-state index in [0.717, 1.165) is 28.2 Å². The van der Waals surface area contributed by atoms with Crippen LogP contribution in [0.25, 0.3) is 0 Å². The number of rotatable bonds is 7. The second-order valence-corrected chi connectivity index (χ2v) is 8.29. The van der Waals surface area contributed by atoms with Crippen molar-refractivity contribution in [3.8, 4) is 5.75 Å². The molecule has 3 aromatic carbocycles. The van der Waals surface area contributed by atoms with E-state index < -0.39 is 0 Å². The zero-order valence-corrected chi connectivity index (χ0v) is 19.0. The Morgan fingerprint density at radius 3 is 2.50 bits per heavy atom. The Bertz CT molecular complexity index is 1120. The number of carbonyl (C=O) groups excluding carboxylic acids is 1. The first kappa shape index (κ1) is 22.1. The van der Waals surface area contributed by atoms with Crippen LogP contribution < -0.4 is 4.74 Å². The fourth-order valence-corrected chi connectivity index (χ4v) is 4.29. The highest BCUT2D eigenvalue weighted by molar-refractivity contribution is 6.31. The summed E-state index contributed by atoms with van der Waals surface area (Å²) in [5.74, 6) is 0.665. The molecule has 1 unspecified atom stereocenters. The average molecular weight is 448 g/mol. The summed E-state index contributed by atoms with van der Waals surface area (Å²) < 4.78 is 5.53. The molecule has 1 amide bonds. The van der Waals surface area contributed by atoms with Gasteiger partial charge in [-0.1, -0.05) is 72.3 Å². The summed E-state index contributed by atoms with van der Waals surface area (Å²) in [6.07, 6.45) is 0.568. The largest absolute Gasteiger partial charge is 0.496 e. The number of methoxy groups -OCH3 is 1. The molecule has 32 heavy (non-hydrogen) atoms. The molecule has 5 nitrogen and oxygen atoms in total. The van der Waals surface area contributed by atoms with Gasteiger partial charge in [0, 0.05) is 23.6 Å². The second kappa shape index (κ2) is 9.98. The van der Waals surface area contributed by atoms with Gasteiger partial charge in [-0.3, -0.25) is 9.69 Å². The Hall–Kier alpha value is -3.15. The molecule has 0 aromatic heterocycles. The highest BCUT2D eigenvalue weighted by Crippen LogP contribution is 2.37. The molecule has 0 fully saturated rings. The quantitative estimate of drug-likeness (QED) is 0.502. The lowest BCUT2D eigenvalue weighted by Gasteiger charge is -2.25. The van der Waals surface area contributed by atoms with Gasteiger partial charge >= 0.3 is 0 Å². The average Bonchev–Trinajstić information content (AvgIpc) is 3.25. The summed E-state index contributed by atoms with van der Waals surface area (Å²) in [6, 6.07) is 25.2. The van der Waals surface area contributed by atoms with Crippen molar-refractivity contribution in [2.75, 3.05) is 20.7 Å². The third kappa shape index (κ3) is 4.85. The smallest absolute Gasteiger partial charge is 0.257 e. The fourth-order valence-electron chi connectivity index (χ4n) is 4.03. The van der Waals surface area contributed by atoms with Gasteiger partial charge in [0.2, 0.25) is 0 Å². The van der Waals surface area contributed by atoms with E-state index >= 15 is 0 Å². The molecule has 0 radical (unpaired) electrons. The third-order valence-electron chi connectivity index (χ3n) is 5.55. The van der Waals surface area contributed by atoms with Gasteiger partial charge < -0.3 is 4.74 Å². The number of benzene rings is 3. The second-order valence-electron chi connectivity index (χ2n) is 7.88. The number of nitrogens with zero attached hydrogens (tertiary/aromatic N) is 3. The van der Waals surface area contributed by atoms with E-state index in [2.05, 4.69) is 12.1 Å². The molecule has 3 aromatic rings. The highest BCUT2D eigenvalue weighted by atomic mass is 35.5. The number of ether oxygens (including phenoxy) is 1. The first-order chi connectivity index (χ1) is 15.6. The molecule has 0 saturated carbocycles. The molecule has 0 N–H and O–H groups in total. The van der Waals surface area contributed by atoms with Crippen LogP contribution in [0.15, 0.2) is 84.0 Å². The van der Waals surface area contributed by atoms with Crippen LogP contribution in [0, 0.1) is 0 Å². The summed E-state index contributed by atoms with van der Waals surface area (Å²) in [4.78, 5) is 15.4. The van der Waals surface area contributed by atoms with Gasteiger partial charge in [0.05, 0.1) is 25.4 Å². The Kier molecular flexibility index (Phi) is 6.88. The Labute approximate surface area is 193 Å². The molecule has 0 bridgehead atoms. The van der Waals surface area contributed by atoms with Crippen LogP contribution in [0.5, 0.6) is 5.75 Å². The first-order valence-corrected chi connectivity index (χ1v) is 10.9. The van der Waals surface area contributed by atoms with Crippen LogP contribution in [-0.2, 0) is 11.3 Å². The SMILES string of the molecule is COc1ccccc1C1=NN(C(=O)CN(C)Cc2ccccc2)C(c2ccccc2Cl)C1. The lowest BCUT2D eigenvalue weighted by atomic mass is 9.98. The topological polar surface area (TPSA) is 45.1 Å². The van der Waals surface area contributed by atoms with Crippen molar-refractivity contribution in [1.29, 1.82) is 0 Å². The maximum absolute atomic E-state index is 13.4. The predicted molar refractivity (Wildman–Crippen MR) is 128 cm³/mol. The van der Waals surface area contributed by atoms with Crippen LogP contribution in [-0.4, -0.2) is 42.2 Å². The molecular weight excluding hydrogens is 422 g/mol. The number of halogens is 1. The van der Waals surface area contributed by atoms with E-state index in [0.29, 0.717) is 18.0 Å². The van der Waals surface area contributed by atoms with E-state index in [1.165, 1.54) is 0 Å². The van der Waals surface area contributed by atoms with Gasteiger partial charge in [0.15, 0.2) is 0 Å². The van der Waals surface area contributed by atoms with E-state index in [9.17, 15) is 4.79 Å². The Morgan fingerprint density at radius 1 is 1.06 bits per heavy atom. The maximum Gasteiger partial charge on any atom is 0.257 e. The molecule has 6 heteroatoms. The van der Waals surface area contributed by atoms with Crippen LogP contribution in [0.4, 0.5) is 0 Å². The highest BCUT2D eigenvalue weighted by Gasteiger charge is 2.35. The van der Waals surface area contributed by atoms with Gasteiger partial charge in [-0.2, -0.15) is 5.10 Å². The molecule has 1 aliphatic rings. The van der Waals surface area contributed by atoms with Crippen molar-refractivity contribution in [3.05, 3.63) is 101 Å². The molecular formula is C26H26ClN3O2. The Morgan fingerprint density at radius 2 is 1.75 bits per heavy atom. The van der Waals surface area contributed by atoms with Gasteiger partial charge in [-0.15, -0.1) is 0 Å². The summed E-state index contributed by atoms with van der Waals surface area (Å²) in [5, 5.41) is 6.98. The number of para-hydroxylation sites is 1. The molecule has 4 rings (SSSR count). The molecule has 0 aliphatic carbocycles. The van der Waals surface area contributed by atoms with E-state index in [-0.39, 0.29) is 18.5 Å². The van der Waals surface area contributed by atoms with Crippen LogP contribution in [0.2, 0.25) is 5.02 Å². The maximum atomic E-state index is 13.4. The molecule has 1 heterocycles. The van der Waals surface area contributed by atoms with Crippen LogP contribution >= 0.6 is 11.6 Å². The number of hydrogen-bond donors (Lipinski definition) is 0. The van der Waals surface area contributed by atoms with Crippen molar-refractivity contribution < 1.29 is 9.53 Å². The van der Waals surface area contributed by atoms with Crippen LogP contribution in [0.1, 0.15) is 29.2 Å². The molecule has 0 saturated heterocycles. The van der Waals surface area contributed by atoms with Crippen molar-refractivity contribution in [2.24, 2.45) is 5.10 Å². The van der Waals surface area contributed by atoms with Gasteiger partial charge in [-0.05, 0) is 36.4 Å². The first-order valence-electron chi connectivity index (χ1n) is 10.6. The minimum absolute atomic E-state index is 0.0711. The van der Waals surface area contributed by atoms with Gasteiger partial charge in [-0.25, -0.2) is 5.01 Å². The summed E-state index contributed by atoms with van der Waals surface area (Å²) in [7, 11) is 3.58. The van der Waals surface area contributed by atoms with Gasteiger partial charge in [0.25, 0.3) is 5.91 Å². The van der Waals surface area contributed by atoms with Crippen LogP contribution in [0.3, 0.4) is 0 Å². The molecule has 1 atom stereocenters. The van der Waals surface area contributed by atoms with Crippen molar-refractivity contribution >= 4 is 23.2 Å². The molecule has 1 aliphatic heterocycles. The number of amides is 1. The van der Waals surface area contributed by atoms with Gasteiger partial charge in [0.1, 0.15) is 5.75 Å². The number of likely N-dealkylation sites (N-methyl/N-ethyl adjacent to an activating group) is 1. The van der Waals surface area contributed by atoms with E-state index in [1.807, 2.05) is 78.7 Å². The van der Waals surface area contributed by atoms with Crippen molar-refractivity contribution in [3.63, 3.8) is 0 Å². The minimum atomic E-state index is -0.263. The van der Waals surface area contributed by atoms with E-state index in [1.54, 1.807) is 12.1 Å². The Balaban J connectivity index is 1.61. The normalized spacial score (nSPS) is 15.7. The zero-order valence-electron chi connectivity index (χ0n) is 18.2. The van der Waals surface area contributed by atoms with Crippen molar-refractivity contribution in [1.82, 2.24) is 9.91 Å². The molecule has 164 valence electrons. The molecule has 0 spiro atoms. The minimum Gasteiger partial charge on any atom is -0.496 e. The van der Waals surface area contributed by atoms with E-state index in [4.69, 9.17) is 21.4 Å².